The summed E-state index contributed by atoms with van der Waals surface area (Å²) < 4.78 is 5.90. The van der Waals surface area contributed by atoms with Gasteiger partial charge in [-0.2, -0.15) is 5.26 Å². The fraction of sp³-hybridized carbons (Fsp3) is 0.235. The third kappa shape index (κ3) is 3.64. The Bertz CT molecular complexity index is 721. The van der Waals surface area contributed by atoms with Crippen molar-refractivity contribution in [1.29, 1.82) is 5.26 Å². The molecule has 0 saturated heterocycles. The molecule has 0 unspecified atom stereocenters. The molecule has 3 nitrogen and oxygen atoms in total. The van der Waals surface area contributed by atoms with Crippen LogP contribution in [0.15, 0.2) is 23.6 Å². The van der Waals surface area contributed by atoms with Crippen LogP contribution in [0.25, 0.3) is 0 Å². The lowest BCUT2D eigenvalue weighted by Gasteiger charge is -2.12. The number of hydrogen-bond donors (Lipinski definition) is 1. The zero-order valence-corrected chi connectivity index (χ0v) is 12.8. The Hall–Kier alpha value is -2.27. The monoisotopic (exact) mass is 297 g/mol. The average molecular weight is 297 g/mol. The summed E-state index contributed by atoms with van der Waals surface area (Å²) in [6, 6.07) is 7.71. The van der Waals surface area contributed by atoms with E-state index in [9.17, 15) is 0 Å². The van der Waals surface area contributed by atoms with Crippen molar-refractivity contribution in [2.24, 2.45) is 0 Å². The van der Waals surface area contributed by atoms with Crippen LogP contribution in [0.1, 0.15) is 27.1 Å². The minimum atomic E-state index is -0.149. The van der Waals surface area contributed by atoms with E-state index in [4.69, 9.17) is 15.1 Å². The molecule has 0 bridgehead atoms. The van der Waals surface area contributed by atoms with E-state index in [-0.39, 0.29) is 6.61 Å². The second-order valence-electron chi connectivity index (χ2n) is 4.56. The molecule has 4 heteroatoms. The van der Waals surface area contributed by atoms with Gasteiger partial charge in [0.25, 0.3) is 0 Å². The van der Waals surface area contributed by atoms with E-state index in [1.54, 1.807) is 11.3 Å². The van der Waals surface area contributed by atoms with Crippen molar-refractivity contribution in [1.82, 2.24) is 0 Å². The molecule has 0 fully saturated rings. The highest BCUT2D eigenvalue weighted by Gasteiger charge is 2.09. The summed E-state index contributed by atoms with van der Waals surface area (Å²) in [6.45, 7) is 4.15. The van der Waals surface area contributed by atoms with Crippen molar-refractivity contribution in [3.8, 4) is 23.7 Å². The highest BCUT2D eigenvalue weighted by Crippen LogP contribution is 2.27. The number of aliphatic hydroxyl groups is 1. The molecule has 2 aromatic rings. The topological polar surface area (TPSA) is 53.2 Å². The molecule has 0 spiro atoms. The lowest BCUT2D eigenvalue weighted by Crippen LogP contribution is -1.99. The minimum Gasteiger partial charge on any atom is -0.487 e. The Morgan fingerprint density at radius 1 is 1.29 bits per heavy atom. The molecule has 0 radical (unpaired) electrons. The van der Waals surface area contributed by atoms with Gasteiger partial charge >= 0.3 is 0 Å². The van der Waals surface area contributed by atoms with Crippen LogP contribution in [-0.4, -0.2) is 11.7 Å². The van der Waals surface area contributed by atoms with E-state index < -0.39 is 0 Å². The second kappa shape index (κ2) is 6.95. The standard InChI is InChI=1S/C17H15NO2S/c1-12-8-14(10-18)9-13(2)17(12)20-11-16-15(4-3-6-19)5-7-21-16/h5,7-9,19H,6,11H2,1-2H3. The van der Waals surface area contributed by atoms with Gasteiger partial charge in [0.05, 0.1) is 16.5 Å². The van der Waals surface area contributed by atoms with Crippen molar-refractivity contribution in [3.63, 3.8) is 0 Å². The van der Waals surface area contributed by atoms with Gasteiger partial charge in [0, 0.05) is 5.56 Å². The van der Waals surface area contributed by atoms with Gasteiger partial charge in [0.2, 0.25) is 0 Å². The maximum absolute atomic E-state index is 8.95. The summed E-state index contributed by atoms with van der Waals surface area (Å²) in [5.41, 5.74) is 3.43. The zero-order chi connectivity index (χ0) is 15.2. The normalized spacial score (nSPS) is 9.62. The van der Waals surface area contributed by atoms with E-state index in [0.717, 1.165) is 27.3 Å². The third-order valence-electron chi connectivity index (χ3n) is 2.98. The smallest absolute Gasteiger partial charge is 0.125 e. The van der Waals surface area contributed by atoms with Crippen LogP contribution in [-0.2, 0) is 6.61 Å². The molecule has 0 aliphatic rings. The molecule has 21 heavy (non-hydrogen) atoms. The molecule has 1 N–H and O–H groups in total. The van der Waals surface area contributed by atoms with Gasteiger partial charge in [0.1, 0.15) is 19.0 Å². The summed E-state index contributed by atoms with van der Waals surface area (Å²) in [4.78, 5) is 1.03. The molecule has 1 heterocycles. The second-order valence-corrected chi connectivity index (χ2v) is 5.56. The van der Waals surface area contributed by atoms with Crippen molar-refractivity contribution < 1.29 is 9.84 Å². The maximum atomic E-state index is 8.95. The molecule has 1 aromatic carbocycles. The Labute approximate surface area is 128 Å². The molecule has 0 aliphatic heterocycles. The lowest BCUT2D eigenvalue weighted by atomic mass is 10.1. The number of nitrogens with zero attached hydrogens (tertiary/aromatic N) is 1. The average Bonchev–Trinajstić information content (AvgIpc) is 2.91. The van der Waals surface area contributed by atoms with Gasteiger partial charge in [0.15, 0.2) is 0 Å². The zero-order valence-electron chi connectivity index (χ0n) is 11.9. The first-order valence-electron chi connectivity index (χ1n) is 6.46. The first kappa shape index (κ1) is 15.1. The minimum absolute atomic E-state index is 0.149. The van der Waals surface area contributed by atoms with Crippen molar-refractivity contribution in [2.75, 3.05) is 6.61 Å². The predicted octanol–water partition coefficient (Wildman–Crippen LogP) is 3.16. The van der Waals surface area contributed by atoms with E-state index >= 15 is 0 Å². The molecule has 2 rings (SSSR count). The summed E-state index contributed by atoms with van der Waals surface area (Å²) in [6.07, 6.45) is 0. The molecule has 0 amide bonds. The van der Waals surface area contributed by atoms with Gasteiger partial charge in [-0.15, -0.1) is 11.3 Å². The molecule has 106 valence electrons. The SMILES string of the molecule is Cc1cc(C#N)cc(C)c1OCc1sccc1C#CCO. The maximum Gasteiger partial charge on any atom is 0.125 e. The van der Waals surface area contributed by atoms with Gasteiger partial charge < -0.3 is 9.84 Å². The molecule has 0 saturated carbocycles. The highest BCUT2D eigenvalue weighted by atomic mass is 32.1. The van der Waals surface area contributed by atoms with E-state index in [0.29, 0.717) is 12.2 Å². The number of aryl methyl sites for hydroxylation is 2. The number of benzene rings is 1. The largest absolute Gasteiger partial charge is 0.487 e. The number of rotatable bonds is 3. The Morgan fingerprint density at radius 2 is 2.00 bits per heavy atom. The Balaban J connectivity index is 2.18. The number of nitriles is 1. The highest BCUT2D eigenvalue weighted by molar-refractivity contribution is 7.10. The third-order valence-corrected chi connectivity index (χ3v) is 3.88. The fourth-order valence-corrected chi connectivity index (χ4v) is 2.82. The van der Waals surface area contributed by atoms with E-state index in [1.165, 1.54) is 0 Å². The molecule has 0 aliphatic carbocycles. The van der Waals surface area contributed by atoms with Crippen LogP contribution in [0, 0.1) is 37.0 Å². The van der Waals surface area contributed by atoms with Gasteiger partial charge in [-0.05, 0) is 48.6 Å². The Morgan fingerprint density at radius 3 is 2.62 bits per heavy atom. The summed E-state index contributed by atoms with van der Waals surface area (Å²) in [5, 5.41) is 19.7. The van der Waals surface area contributed by atoms with Crippen LogP contribution in [0.2, 0.25) is 0 Å². The van der Waals surface area contributed by atoms with Crippen molar-refractivity contribution in [3.05, 3.63) is 50.7 Å². The number of thiophene rings is 1. The number of aliphatic hydroxyl groups excluding tert-OH is 1. The number of ether oxygens (including phenoxy) is 1. The molecular weight excluding hydrogens is 282 g/mol. The van der Waals surface area contributed by atoms with Gasteiger partial charge in [-0.25, -0.2) is 0 Å². The molecular formula is C17H15NO2S. The lowest BCUT2D eigenvalue weighted by molar-refractivity contribution is 0.305. The van der Waals surface area contributed by atoms with E-state index in [1.807, 2.05) is 37.4 Å². The van der Waals surface area contributed by atoms with E-state index in [2.05, 4.69) is 17.9 Å². The van der Waals surface area contributed by atoms with Crippen LogP contribution in [0.3, 0.4) is 0 Å². The quantitative estimate of drug-likeness (QED) is 0.885. The van der Waals surface area contributed by atoms with Crippen LogP contribution < -0.4 is 4.74 Å². The van der Waals surface area contributed by atoms with Crippen molar-refractivity contribution >= 4 is 11.3 Å². The van der Waals surface area contributed by atoms with Gasteiger partial charge in [-0.1, -0.05) is 11.8 Å². The molecule has 1 aromatic heterocycles. The summed E-state index contributed by atoms with van der Waals surface area (Å²) >= 11 is 1.58. The number of hydrogen-bond acceptors (Lipinski definition) is 4. The van der Waals surface area contributed by atoms with Gasteiger partial charge in [-0.3, -0.25) is 0 Å². The first-order valence-corrected chi connectivity index (χ1v) is 7.34. The van der Waals surface area contributed by atoms with Crippen LogP contribution >= 0.6 is 11.3 Å². The van der Waals surface area contributed by atoms with Crippen molar-refractivity contribution in [2.45, 2.75) is 20.5 Å². The molecule has 0 atom stereocenters. The van der Waals surface area contributed by atoms with Crippen LogP contribution in [0.4, 0.5) is 0 Å². The fourth-order valence-electron chi connectivity index (χ4n) is 2.08. The first-order chi connectivity index (χ1) is 10.2. The summed E-state index contributed by atoms with van der Waals surface area (Å²) in [5.74, 6) is 6.37. The Kier molecular flexibility index (Phi) is 5.00. The summed E-state index contributed by atoms with van der Waals surface area (Å²) in [7, 11) is 0. The predicted molar refractivity (Wildman–Crippen MR) is 83.2 cm³/mol. The van der Waals surface area contributed by atoms with Crippen LogP contribution in [0.5, 0.6) is 5.75 Å².